The number of imide groups is 1. The van der Waals surface area contributed by atoms with Crippen molar-refractivity contribution in [3.05, 3.63) is 59.7 Å². The summed E-state index contributed by atoms with van der Waals surface area (Å²) in [6.07, 6.45) is 1.47. The number of carbonyl (C=O) groups excluding carboxylic acids is 3. The van der Waals surface area contributed by atoms with Gasteiger partial charge in [0.25, 0.3) is 11.8 Å². The van der Waals surface area contributed by atoms with Crippen LogP contribution in [0, 0.1) is 6.92 Å². The Morgan fingerprint density at radius 2 is 1.70 bits per heavy atom. The number of hydrogen-bond donors (Lipinski definition) is 1. The second-order valence-electron chi connectivity index (χ2n) is 7.58. The van der Waals surface area contributed by atoms with Gasteiger partial charge in [-0.3, -0.25) is 14.4 Å². The van der Waals surface area contributed by atoms with E-state index in [0.29, 0.717) is 5.56 Å². The van der Waals surface area contributed by atoms with Gasteiger partial charge in [0.1, 0.15) is 6.04 Å². The van der Waals surface area contributed by atoms with E-state index in [0.717, 1.165) is 23.3 Å². The van der Waals surface area contributed by atoms with E-state index in [1.165, 1.54) is 24.3 Å². The molecular weight excluding hydrogens is 406 g/mol. The van der Waals surface area contributed by atoms with Crippen LogP contribution in [0.15, 0.2) is 53.4 Å². The summed E-state index contributed by atoms with van der Waals surface area (Å²) in [6, 6.07) is 11.4. The van der Waals surface area contributed by atoms with Crippen molar-refractivity contribution in [2.24, 2.45) is 5.14 Å². The maximum Gasteiger partial charge on any atom is 0.257 e. The van der Waals surface area contributed by atoms with Gasteiger partial charge in [-0.15, -0.1) is 0 Å². The molecule has 1 saturated carbocycles. The molecule has 0 aromatic heterocycles. The highest BCUT2D eigenvalue weighted by molar-refractivity contribution is 7.89. The number of carbonyl (C=O) groups is 3. The summed E-state index contributed by atoms with van der Waals surface area (Å²) < 4.78 is 22.9. The predicted molar refractivity (Wildman–Crippen MR) is 109 cm³/mol. The van der Waals surface area contributed by atoms with Gasteiger partial charge in [0.2, 0.25) is 15.9 Å². The first-order valence-electron chi connectivity index (χ1n) is 9.56. The van der Waals surface area contributed by atoms with Crippen molar-refractivity contribution in [1.29, 1.82) is 0 Å². The van der Waals surface area contributed by atoms with Crippen molar-refractivity contribution in [3.8, 4) is 0 Å². The van der Waals surface area contributed by atoms with Gasteiger partial charge in [-0.1, -0.05) is 18.2 Å². The fraction of sp³-hybridized carbons (Fsp3) is 0.286. The van der Waals surface area contributed by atoms with Crippen LogP contribution < -0.4 is 10.0 Å². The van der Waals surface area contributed by atoms with Crippen LogP contribution >= 0.6 is 0 Å². The van der Waals surface area contributed by atoms with Crippen LogP contribution in [0.3, 0.4) is 0 Å². The monoisotopic (exact) mass is 427 g/mol. The molecule has 1 aliphatic heterocycles. The molecular formula is C21H21N3O5S. The number of sulfonamides is 1. The van der Waals surface area contributed by atoms with E-state index < -0.39 is 27.9 Å². The van der Waals surface area contributed by atoms with Gasteiger partial charge in [-0.2, -0.15) is 0 Å². The smallest absolute Gasteiger partial charge is 0.257 e. The molecule has 156 valence electrons. The second kappa shape index (κ2) is 7.33. The van der Waals surface area contributed by atoms with E-state index in [2.05, 4.69) is 0 Å². The summed E-state index contributed by atoms with van der Waals surface area (Å²) in [6.45, 7) is 1.83. The third-order valence-electron chi connectivity index (χ3n) is 5.43. The molecule has 2 aromatic rings. The zero-order chi connectivity index (χ0) is 21.6. The number of rotatable bonds is 5. The number of aryl methyl sites for hydroxylation is 1. The van der Waals surface area contributed by atoms with E-state index in [1.807, 2.05) is 19.1 Å². The Bertz CT molecular complexity index is 1140. The number of nitrogens with zero attached hydrogens (tertiary/aromatic N) is 2. The zero-order valence-corrected chi connectivity index (χ0v) is 17.1. The Morgan fingerprint density at radius 1 is 1.07 bits per heavy atom. The lowest BCUT2D eigenvalue weighted by Gasteiger charge is -2.28. The number of anilines is 1. The van der Waals surface area contributed by atoms with Gasteiger partial charge in [0, 0.05) is 11.6 Å². The molecule has 0 radical (unpaired) electrons. The first kappa shape index (κ1) is 20.2. The van der Waals surface area contributed by atoms with Crippen LogP contribution in [0.5, 0.6) is 0 Å². The molecule has 8 nitrogen and oxygen atoms in total. The van der Waals surface area contributed by atoms with Gasteiger partial charge >= 0.3 is 0 Å². The van der Waals surface area contributed by atoms with E-state index in [-0.39, 0.29) is 29.0 Å². The molecule has 4 rings (SSSR count). The van der Waals surface area contributed by atoms with E-state index in [1.54, 1.807) is 17.0 Å². The van der Waals surface area contributed by atoms with Crippen LogP contribution in [0.1, 0.15) is 35.2 Å². The molecule has 2 N–H and O–H groups in total. The summed E-state index contributed by atoms with van der Waals surface area (Å²) in [5, 5.41) is 5.10. The Balaban J connectivity index is 1.64. The normalized spacial score (nSPS) is 19.3. The number of primary sulfonamides is 1. The summed E-state index contributed by atoms with van der Waals surface area (Å²) in [5.41, 5.74) is 1.57. The zero-order valence-electron chi connectivity index (χ0n) is 16.3. The Morgan fingerprint density at radius 3 is 2.27 bits per heavy atom. The molecule has 1 atom stereocenters. The van der Waals surface area contributed by atoms with Gasteiger partial charge < -0.3 is 4.90 Å². The van der Waals surface area contributed by atoms with Gasteiger partial charge in [0.15, 0.2) is 0 Å². The van der Waals surface area contributed by atoms with E-state index in [4.69, 9.17) is 5.14 Å². The number of benzene rings is 2. The Hall–Kier alpha value is -3.04. The molecule has 1 unspecified atom stereocenters. The maximum absolute atomic E-state index is 13.2. The molecule has 1 aliphatic carbocycles. The lowest BCUT2D eigenvalue weighted by Crippen LogP contribution is -2.47. The van der Waals surface area contributed by atoms with Crippen LogP contribution in [0.25, 0.3) is 0 Å². The lowest BCUT2D eigenvalue weighted by molar-refractivity contribution is -0.122. The minimum absolute atomic E-state index is 0.0661. The van der Waals surface area contributed by atoms with Crippen molar-refractivity contribution < 1.29 is 22.8 Å². The molecule has 2 aliphatic rings. The van der Waals surface area contributed by atoms with Crippen molar-refractivity contribution in [2.75, 3.05) is 4.90 Å². The van der Waals surface area contributed by atoms with Crippen LogP contribution in [0.2, 0.25) is 0 Å². The third-order valence-corrected chi connectivity index (χ3v) is 6.36. The highest BCUT2D eigenvalue weighted by Crippen LogP contribution is 2.35. The van der Waals surface area contributed by atoms with Crippen LogP contribution in [-0.2, 0) is 19.6 Å². The lowest BCUT2D eigenvalue weighted by atomic mass is 10.1. The van der Waals surface area contributed by atoms with E-state index in [9.17, 15) is 22.8 Å². The average Bonchev–Trinajstić information content (AvgIpc) is 3.48. The SMILES string of the molecule is Cc1ccccc1C(=O)N(C1CC1)C1CC(=O)N(c2ccc(S(N)(=O)=O)cc2)C1=O. The predicted octanol–water partition coefficient (Wildman–Crippen LogP) is 1.58. The molecule has 0 bridgehead atoms. The summed E-state index contributed by atoms with van der Waals surface area (Å²) in [4.78, 5) is 41.5. The number of hydrogen-bond acceptors (Lipinski definition) is 5. The fourth-order valence-electron chi connectivity index (χ4n) is 3.76. The maximum atomic E-state index is 13.2. The topological polar surface area (TPSA) is 118 Å². The summed E-state index contributed by atoms with van der Waals surface area (Å²) >= 11 is 0. The Labute approximate surface area is 174 Å². The molecule has 3 amide bonds. The number of amides is 3. The van der Waals surface area contributed by atoms with Crippen molar-refractivity contribution in [2.45, 2.75) is 43.2 Å². The molecule has 2 aromatic carbocycles. The van der Waals surface area contributed by atoms with Gasteiger partial charge in [0.05, 0.1) is 17.0 Å². The first-order valence-corrected chi connectivity index (χ1v) is 11.1. The first-order chi connectivity index (χ1) is 14.2. The van der Waals surface area contributed by atoms with Crippen molar-refractivity contribution >= 4 is 33.4 Å². The van der Waals surface area contributed by atoms with Gasteiger partial charge in [-0.25, -0.2) is 18.5 Å². The van der Waals surface area contributed by atoms with E-state index >= 15 is 0 Å². The standard InChI is InChI=1S/C21H21N3O5S/c1-13-4-2-3-5-17(13)20(26)23(14-6-7-14)18-12-19(25)24(21(18)27)15-8-10-16(11-9-15)30(22,28)29/h2-5,8-11,14,18H,6-7,12H2,1H3,(H2,22,28,29). The Kier molecular flexibility index (Phi) is 4.95. The highest BCUT2D eigenvalue weighted by atomic mass is 32.2. The quantitative estimate of drug-likeness (QED) is 0.727. The molecule has 9 heteroatoms. The molecule has 0 spiro atoms. The largest absolute Gasteiger partial charge is 0.323 e. The van der Waals surface area contributed by atoms with Crippen molar-refractivity contribution in [3.63, 3.8) is 0 Å². The van der Waals surface area contributed by atoms with Crippen molar-refractivity contribution in [1.82, 2.24) is 4.90 Å². The fourth-order valence-corrected chi connectivity index (χ4v) is 4.27. The molecule has 30 heavy (non-hydrogen) atoms. The summed E-state index contributed by atoms with van der Waals surface area (Å²) in [5.74, 6) is -1.18. The second-order valence-corrected chi connectivity index (χ2v) is 9.15. The van der Waals surface area contributed by atoms with Crippen LogP contribution in [-0.4, -0.2) is 43.1 Å². The third kappa shape index (κ3) is 3.61. The summed E-state index contributed by atoms with van der Waals surface area (Å²) in [7, 11) is -3.88. The van der Waals surface area contributed by atoms with Gasteiger partial charge in [-0.05, 0) is 55.7 Å². The average molecular weight is 427 g/mol. The minimum atomic E-state index is -3.88. The highest BCUT2D eigenvalue weighted by Gasteiger charge is 2.49. The molecule has 1 saturated heterocycles. The molecule has 1 heterocycles. The number of nitrogens with two attached hydrogens (primary N) is 1. The minimum Gasteiger partial charge on any atom is -0.323 e. The van der Waals surface area contributed by atoms with Crippen LogP contribution in [0.4, 0.5) is 5.69 Å². The molecule has 2 fully saturated rings.